The van der Waals surface area contributed by atoms with Gasteiger partial charge in [-0.2, -0.15) is 71.8 Å². The standard InChI is InChI=1S/2C7H7.2C5H5.Ti/c2*1-7-5-3-2-4-6-7;2*1-2-4-5-3-1;/h2*2-3,5-6H,1H3;2*1-5H;/q2*-1;;;+2. The first-order valence-electron chi connectivity index (χ1n) is 7.98. The fourth-order valence-electron chi connectivity index (χ4n) is 1.61. The first-order valence-corrected chi connectivity index (χ1v) is 7.98. The van der Waals surface area contributed by atoms with Crippen LogP contribution in [0.25, 0.3) is 0 Å². The van der Waals surface area contributed by atoms with Crippen LogP contribution in [0.2, 0.25) is 0 Å². The van der Waals surface area contributed by atoms with Gasteiger partial charge in [0.15, 0.2) is 0 Å². The predicted molar refractivity (Wildman–Crippen MR) is 103 cm³/mol. The van der Waals surface area contributed by atoms with E-state index >= 15 is 0 Å². The molecule has 1 heteroatoms. The van der Waals surface area contributed by atoms with E-state index in [-0.39, 0.29) is 21.7 Å². The molecule has 0 atom stereocenters. The van der Waals surface area contributed by atoms with E-state index in [0.717, 1.165) is 0 Å². The maximum absolute atomic E-state index is 2.96. The van der Waals surface area contributed by atoms with Crippen molar-refractivity contribution in [2.45, 2.75) is 13.8 Å². The van der Waals surface area contributed by atoms with Gasteiger partial charge in [0, 0.05) is 0 Å². The molecule has 4 rings (SSSR count). The van der Waals surface area contributed by atoms with Gasteiger partial charge in [0.05, 0.1) is 0 Å². The van der Waals surface area contributed by atoms with Crippen molar-refractivity contribution in [3.8, 4) is 0 Å². The fraction of sp³-hybridized carbons (Fsp3) is 0.0833. The summed E-state index contributed by atoms with van der Waals surface area (Å²) >= 11 is 0. The van der Waals surface area contributed by atoms with E-state index in [1.54, 1.807) is 0 Å². The molecular formula is C24H24Ti. The predicted octanol–water partition coefficient (Wildman–Crippen LogP) is 5.63. The van der Waals surface area contributed by atoms with E-state index in [1.165, 1.54) is 11.1 Å². The number of hydrogen-bond acceptors (Lipinski definition) is 0. The van der Waals surface area contributed by atoms with E-state index in [9.17, 15) is 0 Å². The van der Waals surface area contributed by atoms with E-state index < -0.39 is 0 Å². The van der Waals surface area contributed by atoms with Crippen LogP contribution in [0.15, 0.2) is 48.5 Å². The van der Waals surface area contributed by atoms with Crippen LogP contribution in [0.3, 0.4) is 0 Å². The fourth-order valence-corrected chi connectivity index (χ4v) is 1.61. The zero-order valence-corrected chi connectivity index (χ0v) is 16.5. The third-order valence-electron chi connectivity index (χ3n) is 2.84. The van der Waals surface area contributed by atoms with Crippen molar-refractivity contribution in [3.63, 3.8) is 0 Å². The summed E-state index contributed by atoms with van der Waals surface area (Å²) in [5.74, 6) is 0. The van der Waals surface area contributed by atoms with Crippen LogP contribution in [0.5, 0.6) is 0 Å². The molecule has 0 amide bonds. The maximum Gasteiger partial charge on any atom is 2.00 e. The summed E-state index contributed by atoms with van der Waals surface area (Å²) < 4.78 is 0. The normalized spacial score (nSPS) is 14.5. The molecule has 0 bridgehead atoms. The van der Waals surface area contributed by atoms with Gasteiger partial charge in [-0.1, -0.05) is 13.8 Å². The van der Waals surface area contributed by atoms with Crippen molar-refractivity contribution in [2.24, 2.45) is 0 Å². The molecule has 0 heterocycles. The summed E-state index contributed by atoms with van der Waals surface area (Å²) in [4.78, 5) is 0. The van der Waals surface area contributed by atoms with Crippen LogP contribution in [-0.4, -0.2) is 0 Å². The molecule has 10 radical (unpaired) electrons. The van der Waals surface area contributed by atoms with Crippen molar-refractivity contribution in [3.05, 3.63) is 136 Å². The Morgan fingerprint density at radius 2 is 0.800 bits per heavy atom. The van der Waals surface area contributed by atoms with Crippen molar-refractivity contribution < 1.29 is 21.7 Å². The second-order valence-electron chi connectivity index (χ2n) is 5.09. The molecule has 2 aliphatic rings. The molecule has 0 aromatic heterocycles. The number of rotatable bonds is 0. The molecule has 0 nitrogen and oxygen atoms in total. The van der Waals surface area contributed by atoms with E-state index in [1.807, 2.05) is 101 Å². The van der Waals surface area contributed by atoms with Gasteiger partial charge in [0.2, 0.25) is 0 Å². The number of benzene rings is 2. The van der Waals surface area contributed by atoms with Crippen LogP contribution in [0, 0.1) is 90.2 Å². The Labute approximate surface area is 171 Å². The monoisotopic (exact) mass is 360 g/mol. The molecule has 0 spiro atoms. The molecule has 2 saturated carbocycles. The Balaban J connectivity index is 0.000000307. The topological polar surface area (TPSA) is 0 Å². The summed E-state index contributed by atoms with van der Waals surface area (Å²) in [6.45, 7) is 4.10. The van der Waals surface area contributed by atoms with Gasteiger partial charge in [0.25, 0.3) is 0 Å². The second-order valence-corrected chi connectivity index (χ2v) is 5.09. The average Bonchev–Trinajstić information content (AvgIpc) is 3.36. The van der Waals surface area contributed by atoms with E-state index in [0.29, 0.717) is 0 Å². The zero-order valence-electron chi connectivity index (χ0n) is 14.9. The Hall–Kier alpha value is -0.846. The van der Waals surface area contributed by atoms with Crippen molar-refractivity contribution in [1.82, 2.24) is 0 Å². The van der Waals surface area contributed by atoms with Crippen LogP contribution in [0.4, 0.5) is 0 Å². The first kappa shape index (κ1) is 24.2. The minimum Gasteiger partial charge on any atom is -0.184 e. The molecule has 2 fully saturated rings. The molecule has 0 saturated heterocycles. The van der Waals surface area contributed by atoms with Gasteiger partial charge in [0.1, 0.15) is 0 Å². The van der Waals surface area contributed by atoms with Crippen molar-refractivity contribution in [1.29, 1.82) is 0 Å². The van der Waals surface area contributed by atoms with E-state index in [4.69, 9.17) is 0 Å². The Kier molecular flexibility index (Phi) is 17.4. The van der Waals surface area contributed by atoms with Gasteiger partial charge in [-0.05, 0) is 64.2 Å². The van der Waals surface area contributed by atoms with Crippen LogP contribution in [-0.2, 0) is 21.7 Å². The molecule has 0 N–H and O–H groups in total. The minimum absolute atomic E-state index is 0. The van der Waals surface area contributed by atoms with Gasteiger partial charge >= 0.3 is 21.7 Å². The number of aryl methyl sites for hydroxylation is 2. The van der Waals surface area contributed by atoms with Crippen LogP contribution in [0.1, 0.15) is 11.1 Å². The van der Waals surface area contributed by atoms with Crippen molar-refractivity contribution in [2.75, 3.05) is 0 Å². The van der Waals surface area contributed by atoms with Crippen LogP contribution < -0.4 is 0 Å². The van der Waals surface area contributed by atoms with Gasteiger partial charge in [-0.15, -0.1) is 0 Å². The molecule has 25 heavy (non-hydrogen) atoms. The second kappa shape index (κ2) is 18.0. The molecule has 0 unspecified atom stereocenters. The van der Waals surface area contributed by atoms with E-state index in [2.05, 4.69) is 38.1 Å². The van der Waals surface area contributed by atoms with Gasteiger partial charge < -0.3 is 0 Å². The summed E-state index contributed by atoms with van der Waals surface area (Å²) in [6, 6.07) is 21.7. The number of hydrogen-bond donors (Lipinski definition) is 0. The Morgan fingerprint density at radius 1 is 0.520 bits per heavy atom. The molecule has 124 valence electrons. The Bertz CT molecular complexity index is 407. The molecule has 2 aromatic rings. The maximum atomic E-state index is 2.96. The largest absolute Gasteiger partial charge is 2.00 e. The minimum atomic E-state index is 0. The summed E-state index contributed by atoms with van der Waals surface area (Å²) in [6.07, 6.45) is 20.0. The molecule has 0 aliphatic heterocycles. The smallest absolute Gasteiger partial charge is 0.184 e. The van der Waals surface area contributed by atoms with Gasteiger partial charge in [-0.3, -0.25) is 0 Å². The first-order chi connectivity index (χ1) is 11.8. The third kappa shape index (κ3) is 16.4. The summed E-state index contributed by atoms with van der Waals surface area (Å²) in [5, 5.41) is 0. The Morgan fingerprint density at radius 3 is 0.920 bits per heavy atom. The quantitative estimate of drug-likeness (QED) is 0.422. The molecule has 2 aliphatic carbocycles. The summed E-state index contributed by atoms with van der Waals surface area (Å²) in [5.41, 5.74) is 2.53. The molecule has 2 aromatic carbocycles. The van der Waals surface area contributed by atoms with Crippen molar-refractivity contribution >= 4 is 0 Å². The van der Waals surface area contributed by atoms with Crippen LogP contribution >= 0.6 is 0 Å². The summed E-state index contributed by atoms with van der Waals surface area (Å²) in [7, 11) is 0. The van der Waals surface area contributed by atoms with Gasteiger partial charge in [-0.25, -0.2) is 0 Å². The third-order valence-corrected chi connectivity index (χ3v) is 2.84. The average molecular weight is 360 g/mol. The molecular weight excluding hydrogens is 336 g/mol. The zero-order chi connectivity index (χ0) is 17.3. The SMILES string of the molecule is Cc1c[c-]ccc1.Cc1c[c-]ccc1.[CH]1[CH][CH][CH][CH]1.[CH]1[CH][CH][CH][CH]1.[Ti+2].